The molecule has 5 nitrogen and oxygen atoms in total. The second kappa shape index (κ2) is 7.86. The van der Waals surface area contributed by atoms with Crippen LogP contribution in [0.15, 0.2) is 34.5 Å². The number of rotatable bonds is 4. The lowest BCUT2D eigenvalue weighted by molar-refractivity contribution is 0.0702. The maximum Gasteiger partial charge on any atom is 0.264 e. The van der Waals surface area contributed by atoms with Crippen LogP contribution in [0.2, 0.25) is 10.0 Å². The van der Waals surface area contributed by atoms with E-state index < -0.39 is 10.0 Å². The van der Waals surface area contributed by atoms with Crippen LogP contribution in [-0.2, 0) is 16.4 Å². The SMILES string of the molecule is CCc1ccsc1C(=O)N1CCN(S(=O)(=O)c2c(Cl)cccc2Cl)CC1. The first-order valence-corrected chi connectivity index (χ1v) is 11.2. The highest BCUT2D eigenvalue weighted by Crippen LogP contribution is 2.32. The van der Waals surface area contributed by atoms with Crippen molar-refractivity contribution in [1.29, 1.82) is 0 Å². The van der Waals surface area contributed by atoms with E-state index in [0.717, 1.165) is 16.9 Å². The van der Waals surface area contributed by atoms with Gasteiger partial charge in [0.1, 0.15) is 4.90 Å². The molecule has 0 bridgehead atoms. The number of aryl methyl sites for hydroxylation is 1. The number of hydrogen-bond acceptors (Lipinski definition) is 4. The monoisotopic (exact) mass is 432 g/mol. The van der Waals surface area contributed by atoms with Crippen LogP contribution in [0.25, 0.3) is 0 Å². The Labute approximate surface area is 167 Å². The third-order valence-corrected chi connectivity index (χ3v) is 8.16. The van der Waals surface area contributed by atoms with Crippen LogP contribution in [0.3, 0.4) is 0 Å². The predicted octanol–water partition coefficient (Wildman–Crippen LogP) is 3.76. The average molecular weight is 433 g/mol. The lowest BCUT2D eigenvalue weighted by Crippen LogP contribution is -2.50. The van der Waals surface area contributed by atoms with Crippen molar-refractivity contribution in [3.8, 4) is 0 Å². The van der Waals surface area contributed by atoms with Gasteiger partial charge in [-0.1, -0.05) is 36.2 Å². The molecule has 1 aromatic heterocycles. The normalized spacial score (nSPS) is 16.0. The summed E-state index contributed by atoms with van der Waals surface area (Å²) < 4.78 is 27.1. The molecule has 3 rings (SSSR count). The Balaban J connectivity index is 1.75. The number of carbonyl (C=O) groups is 1. The molecule has 2 aromatic rings. The van der Waals surface area contributed by atoms with Crippen molar-refractivity contribution < 1.29 is 13.2 Å². The lowest BCUT2D eigenvalue weighted by Gasteiger charge is -2.34. The largest absolute Gasteiger partial charge is 0.335 e. The van der Waals surface area contributed by atoms with Gasteiger partial charge < -0.3 is 4.90 Å². The number of piperazine rings is 1. The summed E-state index contributed by atoms with van der Waals surface area (Å²) in [4.78, 5) is 15.1. The molecule has 0 N–H and O–H groups in total. The molecule has 1 aliphatic rings. The van der Waals surface area contributed by atoms with Crippen molar-refractivity contribution in [1.82, 2.24) is 9.21 Å². The first-order valence-electron chi connectivity index (χ1n) is 8.16. The molecule has 2 heterocycles. The van der Waals surface area contributed by atoms with Crippen LogP contribution >= 0.6 is 34.5 Å². The van der Waals surface area contributed by atoms with Crippen LogP contribution in [0, 0.1) is 0 Å². The third-order valence-electron chi connectivity index (χ3n) is 4.36. The summed E-state index contributed by atoms with van der Waals surface area (Å²) in [5.74, 6) is -0.0373. The minimum absolute atomic E-state index is 0.0373. The Hall–Kier alpha value is -1.12. The zero-order valence-electron chi connectivity index (χ0n) is 14.1. The number of sulfonamides is 1. The van der Waals surface area contributed by atoms with E-state index in [1.54, 1.807) is 11.0 Å². The fourth-order valence-electron chi connectivity index (χ4n) is 2.93. The van der Waals surface area contributed by atoms with Gasteiger partial charge in [-0.2, -0.15) is 4.31 Å². The van der Waals surface area contributed by atoms with Crippen LogP contribution in [0.1, 0.15) is 22.2 Å². The van der Waals surface area contributed by atoms with E-state index in [1.165, 1.54) is 27.8 Å². The minimum atomic E-state index is -3.81. The zero-order chi connectivity index (χ0) is 18.9. The zero-order valence-corrected chi connectivity index (χ0v) is 17.3. The third kappa shape index (κ3) is 3.64. The Bertz CT molecular complexity index is 900. The van der Waals surface area contributed by atoms with Gasteiger partial charge in [-0.15, -0.1) is 11.3 Å². The van der Waals surface area contributed by atoms with E-state index in [1.807, 2.05) is 18.4 Å². The molecular formula is C17H18Cl2N2O3S2. The maximum atomic E-state index is 12.9. The highest BCUT2D eigenvalue weighted by Gasteiger charge is 2.33. The van der Waals surface area contributed by atoms with E-state index in [4.69, 9.17) is 23.2 Å². The lowest BCUT2D eigenvalue weighted by atomic mass is 10.2. The molecule has 1 saturated heterocycles. The molecule has 1 aliphatic heterocycles. The minimum Gasteiger partial charge on any atom is -0.335 e. The Morgan fingerprint density at radius 1 is 1.12 bits per heavy atom. The number of benzene rings is 1. The van der Waals surface area contributed by atoms with Crippen molar-refractivity contribution in [2.45, 2.75) is 18.2 Å². The van der Waals surface area contributed by atoms with Crippen molar-refractivity contribution in [2.24, 2.45) is 0 Å². The quantitative estimate of drug-likeness (QED) is 0.738. The summed E-state index contributed by atoms with van der Waals surface area (Å²) in [6, 6.07) is 6.57. The summed E-state index contributed by atoms with van der Waals surface area (Å²) in [6.45, 7) is 3.10. The summed E-state index contributed by atoms with van der Waals surface area (Å²) in [5.41, 5.74) is 1.03. The van der Waals surface area contributed by atoms with Gasteiger partial charge in [-0.3, -0.25) is 4.79 Å². The van der Waals surface area contributed by atoms with Gasteiger partial charge in [-0.25, -0.2) is 8.42 Å². The number of carbonyl (C=O) groups excluding carboxylic acids is 1. The molecule has 0 unspecified atom stereocenters. The van der Waals surface area contributed by atoms with Crippen molar-refractivity contribution in [2.75, 3.05) is 26.2 Å². The number of thiophene rings is 1. The number of halogens is 2. The predicted molar refractivity (Wildman–Crippen MR) is 105 cm³/mol. The fraction of sp³-hybridized carbons (Fsp3) is 0.353. The first kappa shape index (κ1) is 19.6. The maximum absolute atomic E-state index is 12.9. The second-order valence-corrected chi connectivity index (χ2v) is 9.48. The first-order chi connectivity index (χ1) is 12.4. The van der Waals surface area contributed by atoms with E-state index in [0.29, 0.717) is 13.1 Å². The molecule has 0 aliphatic carbocycles. The van der Waals surface area contributed by atoms with Crippen LogP contribution < -0.4 is 0 Å². The molecule has 1 aromatic carbocycles. The highest BCUT2D eigenvalue weighted by atomic mass is 35.5. The molecule has 0 spiro atoms. The number of amides is 1. The summed E-state index contributed by atoms with van der Waals surface area (Å²) >= 11 is 13.5. The molecule has 0 radical (unpaired) electrons. The van der Waals surface area contributed by atoms with E-state index in [-0.39, 0.29) is 33.9 Å². The Morgan fingerprint density at radius 3 is 2.31 bits per heavy atom. The van der Waals surface area contributed by atoms with Crippen LogP contribution in [0.4, 0.5) is 0 Å². The van der Waals surface area contributed by atoms with Crippen molar-refractivity contribution in [3.05, 3.63) is 50.1 Å². The molecule has 26 heavy (non-hydrogen) atoms. The topological polar surface area (TPSA) is 57.7 Å². The Morgan fingerprint density at radius 2 is 1.73 bits per heavy atom. The molecule has 140 valence electrons. The van der Waals surface area contributed by atoms with Gasteiger partial charge in [0, 0.05) is 26.2 Å². The fourth-order valence-corrected chi connectivity index (χ4v) is 6.41. The highest BCUT2D eigenvalue weighted by molar-refractivity contribution is 7.89. The van der Waals surface area contributed by atoms with E-state index in [2.05, 4.69) is 0 Å². The van der Waals surface area contributed by atoms with E-state index >= 15 is 0 Å². The van der Waals surface area contributed by atoms with E-state index in [9.17, 15) is 13.2 Å². The molecule has 1 fully saturated rings. The summed E-state index contributed by atoms with van der Waals surface area (Å²) in [6.07, 6.45) is 0.796. The molecular weight excluding hydrogens is 415 g/mol. The molecule has 1 amide bonds. The van der Waals surface area contributed by atoms with Crippen molar-refractivity contribution >= 4 is 50.5 Å². The number of hydrogen-bond donors (Lipinski definition) is 0. The van der Waals surface area contributed by atoms with Crippen LogP contribution in [0.5, 0.6) is 0 Å². The van der Waals surface area contributed by atoms with Crippen LogP contribution in [-0.4, -0.2) is 49.7 Å². The smallest absolute Gasteiger partial charge is 0.264 e. The van der Waals surface area contributed by atoms with Gasteiger partial charge in [0.05, 0.1) is 14.9 Å². The Kier molecular flexibility index (Phi) is 5.94. The molecule has 9 heteroatoms. The average Bonchev–Trinajstić information content (AvgIpc) is 3.09. The van der Waals surface area contributed by atoms with Gasteiger partial charge in [0.25, 0.3) is 5.91 Å². The van der Waals surface area contributed by atoms with Gasteiger partial charge in [0.2, 0.25) is 10.0 Å². The van der Waals surface area contributed by atoms with Gasteiger partial charge in [-0.05, 0) is 35.6 Å². The molecule has 0 atom stereocenters. The van der Waals surface area contributed by atoms with Gasteiger partial charge in [0.15, 0.2) is 0 Å². The molecule has 0 saturated carbocycles. The standard InChI is InChI=1S/C17H18Cl2N2O3S2/c1-2-12-6-11-25-15(12)17(22)20-7-9-21(10-8-20)26(23,24)16-13(18)4-3-5-14(16)19/h3-6,11H,2,7-10H2,1H3. The van der Waals surface area contributed by atoms with Crippen molar-refractivity contribution in [3.63, 3.8) is 0 Å². The number of nitrogens with zero attached hydrogens (tertiary/aromatic N) is 2. The van der Waals surface area contributed by atoms with Gasteiger partial charge >= 0.3 is 0 Å². The second-order valence-electron chi connectivity index (χ2n) is 5.88. The summed E-state index contributed by atoms with van der Waals surface area (Å²) in [7, 11) is -3.81. The summed E-state index contributed by atoms with van der Waals surface area (Å²) in [5, 5.41) is 2.11.